The third kappa shape index (κ3) is 3.27. The number of halogens is 1. The van der Waals surface area contributed by atoms with Gasteiger partial charge in [-0.25, -0.2) is 4.39 Å². The highest BCUT2D eigenvalue weighted by atomic mass is 19.1. The van der Waals surface area contributed by atoms with Crippen molar-refractivity contribution in [2.24, 2.45) is 11.3 Å². The highest BCUT2D eigenvalue weighted by molar-refractivity contribution is 5.79. The molecule has 2 aliphatic rings. The van der Waals surface area contributed by atoms with Crippen molar-refractivity contribution in [2.45, 2.75) is 45.6 Å². The van der Waals surface area contributed by atoms with Gasteiger partial charge in [-0.2, -0.15) is 0 Å². The predicted octanol–water partition coefficient (Wildman–Crippen LogP) is 3.42. The molecular formula is C19H26FNO2. The maximum atomic E-state index is 13.3. The molecule has 0 aliphatic carbocycles. The average molecular weight is 319 g/mol. The van der Waals surface area contributed by atoms with E-state index in [1.807, 2.05) is 13.0 Å². The second kappa shape index (κ2) is 6.60. The SMILES string of the molecule is CC(Cc1cccc(F)c1)C(=O)N1CCC2(CCOCC2)C1C. The van der Waals surface area contributed by atoms with Gasteiger partial charge in [0, 0.05) is 31.7 Å². The second-order valence-corrected chi connectivity index (χ2v) is 7.17. The molecule has 0 radical (unpaired) electrons. The Kier molecular flexibility index (Phi) is 4.72. The van der Waals surface area contributed by atoms with Crippen LogP contribution in [0.25, 0.3) is 0 Å². The zero-order valence-electron chi connectivity index (χ0n) is 14.1. The molecule has 2 aliphatic heterocycles. The Hall–Kier alpha value is -1.42. The number of hydrogen-bond acceptors (Lipinski definition) is 2. The van der Waals surface area contributed by atoms with E-state index in [9.17, 15) is 9.18 Å². The van der Waals surface area contributed by atoms with Crippen LogP contribution in [-0.2, 0) is 16.0 Å². The lowest BCUT2D eigenvalue weighted by molar-refractivity contribution is -0.137. The van der Waals surface area contributed by atoms with Crippen molar-refractivity contribution in [3.8, 4) is 0 Å². The number of amides is 1. The van der Waals surface area contributed by atoms with Gasteiger partial charge in [-0.05, 0) is 55.7 Å². The minimum atomic E-state index is -0.238. The molecule has 1 aromatic carbocycles. The summed E-state index contributed by atoms with van der Waals surface area (Å²) in [4.78, 5) is 14.9. The van der Waals surface area contributed by atoms with E-state index < -0.39 is 0 Å². The van der Waals surface area contributed by atoms with E-state index >= 15 is 0 Å². The maximum absolute atomic E-state index is 13.3. The largest absolute Gasteiger partial charge is 0.381 e. The Morgan fingerprint density at radius 2 is 2.13 bits per heavy atom. The molecule has 23 heavy (non-hydrogen) atoms. The molecule has 1 aromatic rings. The molecule has 1 amide bonds. The zero-order chi connectivity index (χ0) is 16.4. The first-order valence-corrected chi connectivity index (χ1v) is 8.64. The van der Waals surface area contributed by atoms with Crippen molar-refractivity contribution in [1.29, 1.82) is 0 Å². The fourth-order valence-electron chi connectivity index (χ4n) is 4.21. The number of carbonyl (C=O) groups is 1. The third-order valence-corrected chi connectivity index (χ3v) is 5.83. The summed E-state index contributed by atoms with van der Waals surface area (Å²) in [5.41, 5.74) is 1.13. The van der Waals surface area contributed by atoms with Crippen LogP contribution >= 0.6 is 0 Å². The lowest BCUT2D eigenvalue weighted by Gasteiger charge is -2.39. The van der Waals surface area contributed by atoms with Gasteiger partial charge in [0.1, 0.15) is 5.82 Å². The van der Waals surface area contributed by atoms with E-state index in [2.05, 4.69) is 11.8 Å². The molecule has 126 valence electrons. The first kappa shape index (κ1) is 16.4. The number of rotatable bonds is 3. The van der Waals surface area contributed by atoms with Gasteiger partial charge in [0.2, 0.25) is 5.91 Å². The smallest absolute Gasteiger partial charge is 0.225 e. The van der Waals surface area contributed by atoms with Crippen LogP contribution in [-0.4, -0.2) is 36.6 Å². The van der Waals surface area contributed by atoms with Gasteiger partial charge in [-0.15, -0.1) is 0 Å². The van der Waals surface area contributed by atoms with Crippen molar-refractivity contribution in [3.63, 3.8) is 0 Å². The number of likely N-dealkylation sites (tertiary alicyclic amines) is 1. The average Bonchev–Trinajstić information content (AvgIpc) is 2.84. The number of benzene rings is 1. The molecule has 0 saturated carbocycles. The summed E-state index contributed by atoms with van der Waals surface area (Å²) in [6.07, 6.45) is 3.78. The Morgan fingerprint density at radius 1 is 1.39 bits per heavy atom. The molecule has 3 rings (SSSR count). The van der Waals surface area contributed by atoms with Crippen LogP contribution in [0.15, 0.2) is 24.3 Å². The number of hydrogen-bond donors (Lipinski definition) is 0. The molecule has 0 N–H and O–H groups in total. The summed E-state index contributed by atoms with van der Waals surface area (Å²) < 4.78 is 18.8. The maximum Gasteiger partial charge on any atom is 0.225 e. The second-order valence-electron chi connectivity index (χ2n) is 7.17. The van der Waals surface area contributed by atoms with Crippen molar-refractivity contribution >= 4 is 5.91 Å². The minimum Gasteiger partial charge on any atom is -0.381 e. The third-order valence-electron chi connectivity index (χ3n) is 5.83. The first-order valence-electron chi connectivity index (χ1n) is 8.64. The van der Waals surface area contributed by atoms with Crippen LogP contribution in [0.2, 0.25) is 0 Å². The van der Waals surface area contributed by atoms with E-state index in [1.54, 1.807) is 6.07 Å². The molecule has 4 heteroatoms. The van der Waals surface area contributed by atoms with E-state index in [0.717, 1.165) is 44.6 Å². The molecular weight excluding hydrogens is 293 g/mol. The summed E-state index contributed by atoms with van der Waals surface area (Å²) in [5.74, 6) is -0.155. The standard InChI is InChI=1S/C19H26FNO2/c1-14(12-16-4-3-5-17(20)13-16)18(22)21-9-6-19(15(21)2)7-10-23-11-8-19/h3-5,13-15H,6-12H2,1-2H3. The summed E-state index contributed by atoms with van der Waals surface area (Å²) in [7, 11) is 0. The van der Waals surface area contributed by atoms with E-state index in [4.69, 9.17) is 4.74 Å². The van der Waals surface area contributed by atoms with Gasteiger partial charge < -0.3 is 9.64 Å². The highest BCUT2D eigenvalue weighted by Crippen LogP contribution is 2.45. The topological polar surface area (TPSA) is 29.5 Å². The first-order chi connectivity index (χ1) is 11.0. The van der Waals surface area contributed by atoms with Gasteiger partial charge in [-0.3, -0.25) is 4.79 Å². The van der Waals surface area contributed by atoms with Gasteiger partial charge in [0.05, 0.1) is 0 Å². The van der Waals surface area contributed by atoms with Gasteiger partial charge >= 0.3 is 0 Å². The van der Waals surface area contributed by atoms with Crippen molar-refractivity contribution in [3.05, 3.63) is 35.6 Å². The molecule has 3 nitrogen and oxygen atoms in total. The van der Waals surface area contributed by atoms with Crippen LogP contribution < -0.4 is 0 Å². The van der Waals surface area contributed by atoms with Crippen LogP contribution in [0.5, 0.6) is 0 Å². The Labute approximate surface area is 137 Å². The van der Waals surface area contributed by atoms with E-state index in [1.165, 1.54) is 12.1 Å². The van der Waals surface area contributed by atoms with Crippen molar-refractivity contribution in [1.82, 2.24) is 4.90 Å². The predicted molar refractivity (Wildman–Crippen MR) is 87.5 cm³/mol. The summed E-state index contributed by atoms with van der Waals surface area (Å²) in [6.45, 7) is 6.60. The molecule has 0 bridgehead atoms. The van der Waals surface area contributed by atoms with Crippen LogP contribution in [0.1, 0.15) is 38.7 Å². The van der Waals surface area contributed by atoms with Gasteiger partial charge in [0.15, 0.2) is 0 Å². The van der Waals surface area contributed by atoms with Crippen molar-refractivity contribution < 1.29 is 13.9 Å². The van der Waals surface area contributed by atoms with E-state index in [-0.39, 0.29) is 29.1 Å². The summed E-state index contributed by atoms with van der Waals surface area (Å²) in [6, 6.07) is 6.83. The van der Waals surface area contributed by atoms with Gasteiger partial charge in [0.25, 0.3) is 0 Å². The van der Waals surface area contributed by atoms with Crippen molar-refractivity contribution in [2.75, 3.05) is 19.8 Å². The minimum absolute atomic E-state index is 0.116. The molecule has 2 fully saturated rings. The molecule has 1 spiro atoms. The fourth-order valence-corrected chi connectivity index (χ4v) is 4.21. The van der Waals surface area contributed by atoms with Crippen LogP contribution in [0, 0.1) is 17.2 Å². The summed E-state index contributed by atoms with van der Waals surface area (Å²) >= 11 is 0. The van der Waals surface area contributed by atoms with Gasteiger partial charge in [-0.1, -0.05) is 19.1 Å². The molecule has 0 aromatic heterocycles. The zero-order valence-corrected chi connectivity index (χ0v) is 14.1. The molecule has 2 atom stereocenters. The number of nitrogens with zero attached hydrogens (tertiary/aromatic N) is 1. The highest BCUT2D eigenvalue weighted by Gasteiger charge is 2.47. The Bertz CT molecular complexity index is 568. The fraction of sp³-hybridized carbons (Fsp3) is 0.632. The Balaban J connectivity index is 1.65. The Morgan fingerprint density at radius 3 is 2.83 bits per heavy atom. The van der Waals surface area contributed by atoms with Crippen LogP contribution in [0.4, 0.5) is 4.39 Å². The molecule has 2 saturated heterocycles. The lowest BCUT2D eigenvalue weighted by atomic mass is 9.74. The quantitative estimate of drug-likeness (QED) is 0.854. The number of ether oxygens (including phenoxy) is 1. The summed E-state index contributed by atoms with van der Waals surface area (Å²) in [5, 5.41) is 0. The monoisotopic (exact) mass is 319 g/mol. The number of carbonyl (C=O) groups excluding carboxylic acids is 1. The normalized spacial score (nSPS) is 24.8. The molecule has 2 unspecified atom stereocenters. The lowest BCUT2D eigenvalue weighted by Crippen LogP contribution is -2.45. The van der Waals surface area contributed by atoms with E-state index in [0.29, 0.717) is 6.42 Å². The van der Waals surface area contributed by atoms with Crippen LogP contribution in [0.3, 0.4) is 0 Å². The molecule has 2 heterocycles.